The van der Waals surface area contributed by atoms with E-state index >= 15 is 0 Å². The van der Waals surface area contributed by atoms with E-state index in [1.54, 1.807) is 0 Å². The van der Waals surface area contributed by atoms with E-state index in [1.807, 2.05) is 31.4 Å². The molecule has 4 nitrogen and oxygen atoms in total. The molecule has 0 aliphatic heterocycles. The summed E-state index contributed by atoms with van der Waals surface area (Å²) in [6, 6.07) is 10.2. The Morgan fingerprint density at radius 3 is 2.79 bits per heavy atom. The molecule has 0 spiro atoms. The van der Waals surface area contributed by atoms with Crippen LogP contribution in [0.3, 0.4) is 0 Å². The Morgan fingerprint density at radius 2 is 2.16 bits per heavy atom. The second-order valence-corrected chi connectivity index (χ2v) is 4.97. The molecule has 0 fully saturated rings. The van der Waals surface area contributed by atoms with Crippen LogP contribution in [0, 0.1) is 18.3 Å². The summed E-state index contributed by atoms with van der Waals surface area (Å²) < 4.78 is 0. The van der Waals surface area contributed by atoms with Crippen LogP contribution in [0.25, 0.3) is 0 Å². The normalized spacial score (nSPS) is 10.2. The minimum absolute atomic E-state index is 0.254. The minimum atomic E-state index is 0.254. The molecule has 0 aliphatic rings. The topological polar surface area (TPSA) is 75.6 Å². The van der Waals surface area contributed by atoms with Crippen molar-refractivity contribution in [3.8, 4) is 6.07 Å². The van der Waals surface area contributed by atoms with Gasteiger partial charge in [0, 0.05) is 6.42 Å². The highest BCUT2D eigenvalue weighted by molar-refractivity contribution is 7.98. The maximum Gasteiger partial charge on any atom is 0.189 e. The van der Waals surface area contributed by atoms with Gasteiger partial charge in [0.2, 0.25) is 0 Å². The summed E-state index contributed by atoms with van der Waals surface area (Å²) in [5, 5.41) is 9.78. The summed E-state index contributed by atoms with van der Waals surface area (Å²) in [5.41, 5.74) is 9.16. The van der Waals surface area contributed by atoms with E-state index in [0.717, 1.165) is 5.56 Å². The molecule has 5 heteroatoms. The summed E-state index contributed by atoms with van der Waals surface area (Å²) in [4.78, 5) is 8.49. The number of nitrogen functional groups attached to an aromatic ring is 1. The van der Waals surface area contributed by atoms with Crippen LogP contribution in [-0.2, 0) is 6.42 Å². The van der Waals surface area contributed by atoms with E-state index in [-0.39, 0.29) is 5.82 Å². The number of nitriles is 1. The van der Waals surface area contributed by atoms with Crippen LogP contribution in [0.4, 0.5) is 5.82 Å². The van der Waals surface area contributed by atoms with Gasteiger partial charge >= 0.3 is 0 Å². The lowest BCUT2D eigenvalue weighted by molar-refractivity contribution is 0.904. The molecule has 2 N–H and O–H groups in total. The second kappa shape index (κ2) is 5.72. The van der Waals surface area contributed by atoms with Crippen molar-refractivity contribution in [2.75, 3.05) is 12.0 Å². The quantitative estimate of drug-likeness (QED) is 0.685. The molecule has 0 radical (unpaired) electrons. The Morgan fingerprint density at radius 1 is 1.37 bits per heavy atom. The first-order chi connectivity index (χ1) is 9.13. The second-order valence-electron chi connectivity index (χ2n) is 4.19. The van der Waals surface area contributed by atoms with Crippen LogP contribution in [0.15, 0.2) is 29.4 Å². The number of anilines is 1. The molecule has 2 aromatic rings. The van der Waals surface area contributed by atoms with Gasteiger partial charge in [-0.05, 0) is 18.7 Å². The Balaban J connectivity index is 2.44. The van der Waals surface area contributed by atoms with Gasteiger partial charge in [-0.15, -0.1) is 0 Å². The Kier molecular flexibility index (Phi) is 4.03. The van der Waals surface area contributed by atoms with Crippen molar-refractivity contribution in [1.82, 2.24) is 9.97 Å². The molecule has 2 rings (SSSR count). The van der Waals surface area contributed by atoms with E-state index in [2.05, 4.69) is 22.1 Å². The lowest BCUT2D eigenvalue weighted by Gasteiger charge is -2.08. The molecule has 0 bridgehead atoms. The first-order valence-corrected chi connectivity index (χ1v) is 7.02. The third-order valence-electron chi connectivity index (χ3n) is 2.74. The Hall–Kier alpha value is -2.06. The van der Waals surface area contributed by atoms with Crippen molar-refractivity contribution in [2.24, 2.45) is 0 Å². The van der Waals surface area contributed by atoms with Gasteiger partial charge in [0.05, 0.1) is 5.69 Å². The summed E-state index contributed by atoms with van der Waals surface area (Å²) in [5.74, 6) is 0.254. The lowest BCUT2D eigenvalue weighted by Crippen LogP contribution is -2.05. The number of thioether (sulfide) groups is 1. The Labute approximate surface area is 116 Å². The van der Waals surface area contributed by atoms with Gasteiger partial charge in [-0.3, -0.25) is 0 Å². The number of hydrogen-bond donors (Lipinski definition) is 1. The van der Waals surface area contributed by atoms with Crippen molar-refractivity contribution in [2.45, 2.75) is 18.5 Å². The number of aryl methyl sites for hydroxylation is 1. The summed E-state index contributed by atoms with van der Waals surface area (Å²) in [6.07, 6.45) is 2.47. The summed E-state index contributed by atoms with van der Waals surface area (Å²) in [7, 11) is 0. The fourth-order valence-corrected chi connectivity index (χ4v) is 2.25. The van der Waals surface area contributed by atoms with Crippen molar-refractivity contribution < 1.29 is 0 Å². The molecule has 0 atom stereocenters. The fourth-order valence-electron chi connectivity index (χ4n) is 1.86. The van der Waals surface area contributed by atoms with Crippen LogP contribution in [0.1, 0.15) is 22.4 Å². The van der Waals surface area contributed by atoms with Gasteiger partial charge in [-0.2, -0.15) is 5.26 Å². The molecule has 1 aromatic heterocycles. The predicted molar refractivity (Wildman–Crippen MR) is 76.9 cm³/mol. The minimum Gasteiger partial charge on any atom is -0.382 e. The van der Waals surface area contributed by atoms with Crippen molar-refractivity contribution in [3.05, 3.63) is 46.6 Å². The van der Waals surface area contributed by atoms with E-state index < -0.39 is 0 Å². The smallest absolute Gasteiger partial charge is 0.189 e. The molecule has 96 valence electrons. The van der Waals surface area contributed by atoms with E-state index in [4.69, 9.17) is 5.73 Å². The zero-order chi connectivity index (χ0) is 13.8. The van der Waals surface area contributed by atoms with Gasteiger partial charge in [-0.1, -0.05) is 41.6 Å². The maximum atomic E-state index is 9.18. The van der Waals surface area contributed by atoms with Crippen molar-refractivity contribution in [1.29, 1.82) is 5.26 Å². The number of nitrogens with two attached hydrogens (primary N) is 1. The van der Waals surface area contributed by atoms with E-state index in [1.165, 1.54) is 17.3 Å². The number of nitrogens with zero attached hydrogens (tertiary/aromatic N) is 3. The van der Waals surface area contributed by atoms with Crippen LogP contribution in [0.2, 0.25) is 0 Å². The molecule has 0 aliphatic carbocycles. The molecule has 1 aromatic carbocycles. The largest absolute Gasteiger partial charge is 0.382 e. The third-order valence-corrected chi connectivity index (χ3v) is 3.29. The first-order valence-electron chi connectivity index (χ1n) is 5.80. The van der Waals surface area contributed by atoms with Gasteiger partial charge in [-0.25, -0.2) is 9.97 Å². The SMILES string of the molecule is CSc1nc(N)c(C#N)c(Cc2cccc(C)c2)n1. The van der Waals surface area contributed by atoms with E-state index in [9.17, 15) is 5.26 Å². The standard InChI is InChI=1S/C14H14N4S/c1-9-4-3-5-10(6-9)7-12-11(8-15)13(16)18-14(17-12)19-2/h3-6H,7H2,1-2H3,(H2,16,17,18). The Bertz CT molecular complexity index is 646. The molecule has 19 heavy (non-hydrogen) atoms. The first kappa shape index (κ1) is 13.4. The maximum absolute atomic E-state index is 9.18. The van der Waals surface area contributed by atoms with Gasteiger partial charge < -0.3 is 5.73 Å². The zero-order valence-electron chi connectivity index (χ0n) is 10.8. The number of aromatic nitrogens is 2. The number of hydrogen-bond acceptors (Lipinski definition) is 5. The zero-order valence-corrected chi connectivity index (χ0v) is 11.7. The van der Waals surface area contributed by atoms with Gasteiger partial charge in [0.15, 0.2) is 5.16 Å². The molecule has 0 saturated carbocycles. The third kappa shape index (κ3) is 3.04. The van der Waals surface area contributed by atoms with Crippen LogP contribution < -0.4 is 5.73 Å². The molecular weight excluding hydrogens is 256 g/mol. The number of rotatable bonds is 3. The predicted octanol–water partition coefficient (Wildman–Crippen LogP) is 2.55. The molecular formula is C14H14N4S. The highest BCUT2D eigenvalue weighted by atomic mass is 32.2. The number of benzene rings is 1. The van der Waals surface area contributed by atoms with Gasteiger partial charge in [0.25, 0.3) is 0 Å². The molecule has 0 amide bonds. The lowest BCUT2D eigenvalue weighted by atomic mass is 10.0. The molecule has 0 saturated heterocycles. The summed E-state index contributed by atoms with van der Waals surface area (Å²) in [6.45, 7) is 2.04. The van der Waals surface area contributed by atoms with Gasteiger partial charge in [0.1, 0.15) is 17.5 Å². The highest BCUT2D eigenvalue weighted by Crippen LogP contribution is 2.20. The average molecular weight is 270 g/mol. The van der Waals surface area contributed by atoms with Crippen molar-refractivity contribution in [3.63, 3.8) is 0 Å². The van der Waals surface area contributed by atoms with Crippen LogP contribution in [-0.4, -0.2) is 16.2 Å². The average Bonchev–Trinajstić information content (AvgIpc) is 2.38. The van der Waals surface area contributed by atoms with E-state index in [0.29, 0.717) is 22.8 Å². The monoisotopic (exact) mass is 270 g/mol. The van der Waals surface area contributed by atoms with Crippen LogP contribution in [0.5, 0.6) is 0 Å². The fraction of sp³-hybridized carbons (Fsp3) is 0.214. The van der Waals surface area contributed by atoms with Crippen LogP contribution >= 0.6 is 11.8 Å². The summed E-state index contributed by atoms with van der Waals surface area (Å²) >= 11 is 1.42. The molecule has 1 heterocycles. The molecule has 0 unspecified atom stereocenters. The van der Waals surface area contributed by atoms with Crippen molar-refractivity contribution >= 4 is 17.6 Å². The highest BCUT2D eigenvalue weighted by Gasteiger charge is 2.12.